The first-order valence-corrected chi connectivity index (χ1v) is 10.8. The molecule has 1 atom stereocenters. The number of hydrogen-bond donors (Lipinski definition) is 0. The Morgan fingerprint density at radius 2 is 1.86 bits per heavy atom. The van der Waals surface area contributed by atoms with E-state index in [1.807, 2.05) is 23.6 Å². The van der Waals surface area contributed by atoms with Gasteiger partial charge in [0.25, 0.3) is 5.91 Å². The summed E-state index contributed by atoms with van der Waals surface area (Å²) in [5.74, 6) is 0.572. The van der Waals surface area contributed by atoms with Crippen LogP contribution in [0.15, 0.2) is 47.3 Å². The molecule has 154 valence electrons. The maximum atomic E-state index is 12.8. The first-order valence-electron chi connectivity index (χ1n) is 10.8. The molecule has 0 saturated carbocycles. The SMILES string of the molecule is CCN(CC)C(=O)C[C@H]1CC2(CCN(C(=O)c3ccoc3)CC2)c2ccccc21. The summed E-state index contributed by atoms with van der Waals surface area (Å²) in [4.78, 5) is 29.3. The number of carbonyl (C=O) groups excluding carboxylic acids is 2. The average molecular weight is 395 g/mol. The Morgan fingerprint density at radius 1 is 1.14 bits per heavy atom. The fourth-order valence-corrected chi connectivity index (χ4v) is 5.31. The van der Waals surface area contributed by atoms with Crippen molar-refractivity contribution in [3.05, 3.63) is 59.5 Å². The van der Waals surface area contributed by atoms with Crippen molar-refractivity contribution < 1.29 is 14.0 Å². The number of carbonyl (C=O) groups is 2. The standard InChI is InChI=1S/C24H30N2O3/c1-3-25(4-2)22(27)15-19-16-24(21-8-6-5-7-20(19)21)10-12-26(13-11-24)23(28)18-9-14-29-17-18/h5-9,14,17,19H,3-4,10-13,15-16H2,1-2H3/t19-/m0/s1. The Kier molecular flexibility index (Phi) is 5.48. The van der Waals surface area contributed by atoms with Crippen molar-refractivity contribution in [3.8, 4) is 0 Å². The van der Waals surface area contributed by atoms with Gasteiger partial charge in [-0.1, -0.05) is 24.3 Å². The maximum Gasteiger partial charge on any atom is 0.257 e. The monoisotopic (exact) mass is 394 g/mol. The van der Waals surface area contributed by atoms with Gasteiger partial charge in [0, 0.05) is 32.6 Å². The van der Waals surface area contributed by atoms with Crippen molar-refractivity contribution >= 4 is 11.8 Å². The van der Waals surface area contributed by atoms with Crippen molar-refractivity contribution in [2.75, 3.05) is 26.2 Å². The predicted octanol–water partition coefficient (Wildman–Crippen LogP) is 4.20. The van der Waals surface area contributed by atoms with E-state index in [1.54, 1.807) is 12.3 Å². The van der Waals surface area contributed by atoms with Crippen LogP contribution in [0.4, 0.5) is 0 Å². The van der Waals surface area contributed by atoms with E-state index in [2.05, 4.69) is 24.3 Å². The zero-order valence-electron chi connectivity index (χ0n) is 17.4. The van der Waals surface area contributed by atoms with Crippen LogP contribution < -0.4 is 0 Å². The topological polar surface area (TPSA) is 53.8 Å². The van der Waals surface area contributed by atoms with Crippen LogP contribution in [0.1, 0.15) is 66.9 Å². The summed E-state index contributed by atoms with van der Waals surface area (Å²) < 4.78 is 5.07. The van der Waals surface area contributed by atoms with Crippen LogP contribution in [0.3, 0.4) is 0 Å². The zero-order valence-corrected chi connectivity index (χ0v) is 17.4. The highest BCUT2D eigenvalue weighted by molar-refractivity contribution is 5.93. The van der Waals surface area contributed by atoms with E-state index < -0.39 is 0 Å². The molecule has 2 heterocycles. The molecule has 1 aromatic carbocycles. The van der Waals surface area contributed by atoms with Crippen LogP contribution in [-0.2, 0) is 10.2 Å². The van der Waals surface area contributed by atoms with E-state index in [1.165, 1.54) is 17.4 Å². The highest BCUT2D eigenvalue weighted by Crippen LogP contribution is 2.52. The number of amides is 2. The number of hydrogen-bond acceptors (Lipinski definition) is 3. The third-order valence-corrected chi connectivity index (χ3v) is 6.92. The number of benzene rings is 1. The van der Waals surface area contributed by atoms with Crippen LogP contribution in [0.2, 0.25) is 0 Å². The zero-order chi connectivity index (χ0) is 20.4. The summed E-state index contributed by atoms with van der Waals surface area (Å²) in [5, 5.41) is 0. The van der Waals surface area contributed by atoms with Gasteiger partial charge >= 0.3 is 0 Å². The molecule has 1 fully saturated rings. The highest BCUT2D eigenvalue weighted by Gasteiger charge is 2.46. The van der Waals surface area contributed by atoms with Crippen molar-refractivity contribution in [2.45, 2.75) is 50.9 Å². The third-order valence-electron chi connectivity index (χ3n) is 6.92. The van der Waals surface area contributed by atoms with E-state index >= 15 is 0 Å². The molecule has 29 heavy (non-hydrogen) atoms. The molecule has 0 bridgehead atoms. The smallest absolute Gasteiger partial charge is 0.257 e. The van der Waals surface area contributed by atoms with Gasteiger partial charge in [-0.15, -0.1) is 0 Å². The molecule has 5 nitrogen and oxygen atoms in total. The van der Waals surface area contributed by atoms with Crippen LogP contribution in [-0.4, -0.2) is 47.8 Å². The summed E-state index contributed by atoms with van der Waals surface area (Å²) in [5.41, 5.74) is 3.43. The molecule has 1 saturated heterocycles. The molecule has 2 aromatic rings. The van der Waals surface area contributed by atoms with Crippen molar-refractivity contribution in [3.63, 3.8) is 0 Å². The van der Waals surface area contributed by atoms with Gasteiger partial charge in [-0.3, -0.25) is 9.59 Å². The lowest BCUT2D eigenvalue weighted by molar-refractivity contribution is -0.131. The first kappa shape index (κ1) is 19.7. The van der Waals surface area contributed by atoms with Crippen LogP contribution in [0.25, 0.3) is 0 Å². The molecule has 4 rings (SSSR count). The minimum Gasteiger partial charge on any atom is -0.472 e. The maximum absolute atomic E-state index is 12.8. The molecule has 5 heteroatoms. The van der Waals surface area contributed by atoms with Gasteiger partial charge in [0.1, 0.15) is 6.26 Å². The predicted molar refractivity (Wildman–Crippen MR) is 112 cm³/mol. The quantitative estimate of drug-likeness (QED) is 0.764. The number of nitrogens with zero attached hydrogens (tertiary/aromatic N) is 2. The molecule has 0 unspecified atom stereocenters. The number of fused-ring (bicyclic) bond motifs is 2. The minimum absolute atomic E-state index is 0.0492. The fraction of sp³-hybridized carbons (Fsp3) is 0.500. The second-order valence-corrected chi connectivity index (χ2v) is 8.34. The largest absolute Gasteiger partial charge is 0.472 e. The third kappa shape index (κ3) is 3.59. The van der Waals surface area contributed by atoms with E-state index in [4.69, 9.17) is 4.42 Å². The molecule has 1 spiro atoms. The Hall–Kier alpha value is -2.56. The summed E-state index contributed by atoms with van der Waals surface area (Å²) in [6.45, 7) is 7.10. The molecule has 1 aromatic heterocycles. The molecule has 0 radical (unpaired) electrons. The summed E-state index contributed by atoms with van der Waals surface area (Å²) in [6.07, 6.45) is 6.55. The van der Waals surface area contributed by atoms with E-state index in [0.717, 1.165) is 45.4 Å². The molecular weight excluding hydrogens is 364 g/mol. The van der Waals surface area contributed by atoms with Gasteiger partial charge in [0.05, 0.1) is 11.8 Å². The van der Waals surface area contributed by atoms with E-state index in [0.29, 0.717) is 12.0 Å². The van der Waals surface area contributed by atoms with Crippen molar-refractivity contribution in [2.24, 2.45) is 0 Å². The molecule has 0 N–H and O–H groups in total. The van der Waals surface area contributed by atoms with E-state index in [-0.39, 0.29) is 23.1 Å². The number of furan rings is 1. The molecule has 2 amide bonds. The van der Waals surface area contributed by atoms with Gasteiger partial charge < -0.3 is 14.2 Å². The van der Waals surface area contributed by atoms with Crippen molar-refractivity contribution in [1.29, 1.82) is 0 Å². The minimum atomic E-state index is 0.0492. The summed E-state index contributed by atoms with van der Waals surface area (Å²) in [7, 11) is 0. The molecule has 2 aliphatic rings. The lowest BCUT2D eigenvalue weighted by Crippen LogP contribution is -2.44. The van der Waals surface area contributed by atoms with Gasteiger partial charge in [-0.25, -0.2) is 0 Å². The second kappa shape index (κ2) is 8.05. The van der Waals surface area contributed by atoms with E-state index in [9.17, 15) is 9.59 Å². The first-order chi connectivity index (χ1) is 14.1. The Balaban J connectivity index is 1.50. The molecular formula is C24H30N2O3. The Labute approximate surface area is 172 Å². The summed E-state index contributed by atoms with van der Waals surface area (Å²) in [6, 6.07) is 10.4. The normalized spacial score (nSPS) is 19.9. The molecule has 1 aliphatic carbocycles. The fourth-order valence-electron chi connectivity index (χ4n) is 5.31. The highest BCUT2D eigenvalue weighted by atomic mass is 16.3. The van der Waals surface area contributed by atoms with Gasteiger partial charge in [0.15, 0.2) is 0 Å². The van der Waals surface area contributed by atoms with Crippen molar-refractivity contribution in [1.82, 2.24) is 9.80 Å². The van der Waals surface area contributed by atoms with Gasteiger partial charge in [-0.2, -0.15) is 0 Å². The van der Waals surface area contributed by atoms with Gasteiger partial charge in [-0.05, 0) is 61.6 Å². The van der Waals surface area contributed by atoms with Crippen LogP contribution in [0, 0.1) is 0 Å². The van der Waals surface area contributed by atoms with Crippen LogP contribution >= 0.6 is 0 Å². The number of piperidine rings is 1. The number of likely N-dealkylation sites (tertiary alicyclic amines) is 1. The second-order valence-electron chi connectivity index (χ2n) is 8.34. The Morgan fingerprint density at radius 3 is 2.52 bits per heavy atom. The lowest BCUT2D eigenvalue weighted by Gasteiger charge is -2.40. The Bertz CT molecular complexity index is 862. The summed E-state index contributed by atoms with van der Waals surface area (Å²) >= 11 is 0. The van der Waals surface area contributed by atoms with Crippen LogP contribution in [0.5, 0.6) is 0 Å². The lowest BCUT2D eigenvalue weighted by atomic mass is 9.73. The van der Waals surface area contributed by atoms with Gasteiger partial charge in [0.2, 0.25) is 5.91 Å². The average Bonchev–Trinajstić information content (AvgIpc) is 3.37. The number of rotatable bonds is 5. The molecule has 1 aliphatic heterocycles.